The van der Waals surface area contributed by atoms with Gasteiger partial charge in [-0.3, -0.25) is 0 Å². The van der Waals surface area contributed by atoms with Gasteiger partial charge in [0, 0.05) is 31.3 Å². The fraction of sp³-hybridized carbons (Fsp3) is 0.250. The Morgan fingerprint density at radius 3 is 3.00 bits per heavy atom. The largest absolute Gasteiger partial charge is 0.361 e. The van der Waals surface area contributed by atoms with Crippen molar-refractivity contribution in [3.05, 3.63) is 36.0 Å². The number of H-pyrrole nitrogens is 1. The predicted molar refractivity (Wildman–Crippen MR) is 67.6 cm³/mol. The molecule has 2 amide bonds. The van der Waals surface area contributed by atoms with Crippen molar-refractivity contribution in [1.29, 1.82) is 0 Å². The fourth-order valence-corrected chi connectivity index (χ4v) is 1.72. The lowest BCUT2D eigenvalue weighted by Crippen LogP contribution is -2.35. The van der Waals surface area contributed by atoms with Crippen molar-refractivity contribution in [2.24, 2.45) is 5.73 Å². The van der Waals surface area contributed by atoms with Gasteiger partial charge in [0.05, 0.1) is 0 Å². The molecular formula is C12H16N4O. The van der Waals surface area contributed by atoms with E-state index in [2.05, 4.69) is 33.8 Å². The maximum Gasteiger partial charge on any atom is 0.312 e. The molecule has 0 unspecified atom stereocenters. The highest BCUT2D eigenvalue weighted by atomic mass is 16.2. The number of urea groups is 1. The minimum Gasteiger partial charge on any atom is -0.361 e. The van der Waals surface area contributed by atoms with Crippen LogP contribution < -0.4 is 16.4 Å². The molecule has 1 heterocycles. The van der Waals surface area contributed by atoms with Crippen molar-refractivity contribution in [1.82, 2.24) is 15.6 Å². The van der Waals surface area contributed by atoms with Crippen LogP contribution in [0.25, 0.3) is 10.9 Å². The third-order valence-corrected chi connectivity index (χ3v) is 2.55. The molecule has 0 saturated heterocycles. The molecule has 1 aromatic carbocycles. The van der Waals surface area contributed by atoms with Crippen LogP contribution in [-0.4, -0.2) is 24.1 Å². The highest BCUT2D eigenvalue weighted by Crippen LogP contribution is 2.13. The summed E-state index contributed by atoms with van der Waals surface area (Å²) < 4.78 is 0. The van der Waals surface area contributed by atoms with E-state index in [1.54, 1.807) is 0 Å². The zero-order valence-electron chi connectivity index (χ0n) is 9.49. The molecule has 0 radical (unpaired) electrons. The van der Waals surface area contributed by atoms with Crippen molar-refractivity contribution in [3.8, 4) is 0 Å². The molecule has 0 bridgehead atoms. The molecule has 5 heteroatoms. The number of benzene rings is 1. The number of amides is 2. The average Bonchev–Trinajstić information content (AvgIpc) is 2.75. The van der Waals surface area contributed by atoms with E-state index < -0.39 is 6.03 Å². The SMILES string of the molecule is NC(=O)NCCNCc1ccc2[nH]ccc2c1. The topological polar surface area (TPSA) is 82.9 Å². The summed E-state index contributed by atoms with van der Waals surface area (Å²) >= 11 is 0. The summed E-state index contributed by atoms with van der Waals surface area (Å²) in [5, 5.41) is 6.97. The molecule has 2 aromatic rings. The number of carbonyl (C=O) groups excluding carboxylic acids is 1. The monoisotopic (exact) mass is 232 g/mol. The lowest BCUT2D eigenvalue weighted by atomic mass is 10.1. The number of aromatic amines is 1. The highest BCUT2D eigenvalue weighted by molar-refractivity contribution is 5.79. The number of aromatic nitrogens is 1. The number of hydrogen-bond donors (Lipinski definition) is 4. The van der Waals surface area contributed by atoms with Crippen molar-refractivity contribution < 1.29 is 4.79 Å². The molecule has 0 aliphatic carbocycles. The number of rotatable bonds is 5. The number of hydrogen-bond acceptors (Lipinski definition) is 2. The van der Waals surface area contributed by atoms with Crippen LogP contribution in [-0.2, 0) is 6.54 Å². The van der Waals surface area contributed by atoms with Gasteiger partial charge >= 0.3 is 6.03 Å². The van der Waals surface area contributed by atoms with Crippen molar-refractivity contribution in [2.75, 3.05) is 13.1 Å². The second kappa shape index (κ2) is 5.36. The van der Waals surface area contributed by atoms with E-state index in [0.717, 1.165) is 12.1 Å². The van der Waals surface area contributed by atoms with Gasteiger partial charge in [-0.15, -0.1) is 0 Å². The summed E-state index contributed by atoms with van der Waals surface area (Å²) in [7, 11) is 0. The molecule has 0 spiro atoms. The van der Waals surface area contributed by atoms with E-state index in [-0.39, 0.29) is 0 Å². The van der Waals surface area contributed by atoms with E-state index in [4.69, 9.17) is 5.73 Å². The molecular weight excluding hydrogens is 216 g/mol. The molecule has 17 heavy (non-hydrogen) atoms. The van der Waals surface area contributed by atoms with E-state index in [0.29, 0.717) is 13.1 Å². The number of fused-ring (bicyclic) bond motifs is 1. The molecule has 2 rings (SSSR count). The van der Waals surface area contributed by atoms with Gasteiger partial charge in [-0.25, -0.2) is 4.79 Å². The Kier molecular flexibility index (Phi) is 3.62. The third kappa shape index (κ3) is 3.22. The lowest BCUT2D eigenvalue weighted by molar-refractivity contribution is 0.249. The van der Waals surface area contributed by atoms with E-state index >= 15 is 0 Å². The molecule has 0 fully saturated rings. The second-order valence-electron chi connectivity index (χ2n) is 3.87. The van der Waals surface area contributed by atoms with Gasteiger partial charge in [0.2, 0.25) is 0 Å². The summed E-state index contributed by atoms with van der Waals surface area (Å²) in [5.74, 6) is 0. The van der Waals surface area contributed by atoms with Gasteiger partial charge in [-0.1, -0.05) is 6.07 Å². The number of nitrogens with two attached hydrogens (primary N) is 1. The Hall–Kier alpha value is -2.01. The summed E-state index contributed by atoms with van der Waals surface area (Å²) in [6.45, 7) is 2.03. The first kappa shape index (κ1) is 11.5. The first-order valence-corrected chi connectivity index (χ1v) is 5.56. The van der Waals surface area contributed by atoms with Gasteiger partial charge in [0.15, 0.2) is 0 Å². The molecule has 1 aromatic heterocycles. The Morgan fingerprint density at radius 2 is 2.18 bits per heavy atom. The summed E-state index contributed by atoms with van der Waals surface area (Å²) in [5.41, 5.74) is 7.32. The van der Waals surface area contributed by atoms with Crippen LogP contribution in [0.2, 0.25) is 0 Å². The maximum atomic E-state index is 10.4. The summed E-state index contributed by atoms with van der Waals surface area (Å²) in [6.07, 6.45) is 1.93. The summed E-state index contributed by atoms with van der Waals surface area (Å²) in [4.78, 5) is 13.6. The van der Waals surface area contributed by atoms with E-state index in [1.165, 1.54) is 10.9 Å². The first-order valence-electron chi connectivity index (χ1n) is 5.56. The average molecular weight is 232 g/mol. The van der Waals surface area contributed by atoms with E-state index in [1.807, 2.05) is 12.3 Å². The molecule has 0 atom stereocenters. The number of carbonyl (C=O) groups is 1. The minimum absolute atomic E-state index is 0.486. The molecule has 5 N–H and O–H groups in total. The first-order chi connectivity index (χ1) is 8.25. The zero-order valence-corrected chi connectivity index (χ0v) is 9.49. The minimum atomic E-state index is -0.486. The molecule has 90 valence electrons. The van der Waals surface area contributed by atoms with Crippen LogP contribution in [0, 0.1) is 0 Å². The van der Waals surface area contributed by atoms with Crippen LogP contribution in [0.15, 0.2) is 30.5 Å². The normalized spacial score (nSPS) is 10.6. The Morgan fingerprint density at radius 1 is 1.29 bits per heavy atom. The third-order valence-electron chi connectivity index (χ3n) is 2.55. The zero-order chi connectivity index (χ0) is 12.1. The van der Waals surface area contributed by atoms with Crippen molar-refractivity contribution in [3.63, 3.8) is 0 Å². The standard InChI is InChI=1S/C12H16N4O/c13-12(17)16-6-5-14-8-9-1-2-11-10(7-9)3-4-15-11/h1-4,7,14-15H,5-6,8H2,(H3,13,16,17). The second-order valence-corrected chi connectivity index (χ2v) is 3.87. The van der Waals surface area contributed by atoms with Gasteiger partial charge in [0.1, 0.15) is 0 Å². The van der Waals surface area contributed by atoms with Crippen molar-refractivity contribution >= 4 is 16.9 Å². The summed E-state index contributed by atoms with van der Waals surface area (Å²) in [6, 6.07) is 7.84. The van der Waals surface area contributed by atoms with Crippen LogP contribution in [0.4, 0.5) is 4.79 Å². The fourth-order valence-electron chi connectivity index (χ4n) is 1.72. The van der Waals surface area contributed by atoms with Gasteiger partial charge in [0.25, 0.3) is 0 Å². The molecule has 0 aliphatic rings. The smallest absolute Gasteiger partial charge is 0.312 e. The number of primary amides is 1. The lowest BCUT2D eigenvalue weighted by Gasteiger charge is -2.05. The van der Waals surface area contributed by atoms with Gasteiger partial charge in [-0.05, 0) is 29.1 Å². The maximum absolute atomic E-state index is 10.4. The quantitative estimate of drug-likeness (QED) is 0.578. The van der Waals surface area contributed by atoms with Crippen LogP contribution in [0.5, 0.6) is 0 Å². The van der Waals surface area contributed by atoms with Gasteiger partial charge < -0.3 is 21.4 Å². The van der Waals surface area contributed by atoms with Crippen LogP contribution in [0.1, 0.15) is 5.56 Å². The highest BCUT2D eigenvalue weighted by Gasteiger charge is 1.97. The molecule has 5 nitrogen and oxygen atoms in total. The molecule has 0 aliphatic heterocycles. The number of nitrogens with one attached hydrogen (secondary N) is 3. The van der Waals surface area contributed by atoms with Crippen LogP contribution in [0.3, 0.4) is 0 Å². The Balaban J connectivity index is 1.80. The Labute approximate surface area is 99.4 Å². The molecule has 0 saturated carbocycles. The van der Waals surface area contributed by atoms with E-state index in [9.17, 15) is 4.79 Å². The van der Waals surface area contributed by atoms with Crippen molar-refractivity contribution in [2.45, 2.75) is 6.54 Å². The van der Waals surface area contributed by atoms with Gasteiger partial charge in [-0.2, -0.15) is 0 Å². The Bertz CT molecular complexity index is 506. The van der Waals surface area contributed by atoms with Crippen LogP contribution >= 0.6 is 0 Å². The predicted octanol–water partition coefficient (Wildman–Crippen LogP) is 0.926.